The number of ether oxygens (including phenoxy) is 1. The summed E-state index contributed by atoms with van der Waals surface area (Å²) in [6.45, 7) is 9.61. The highest BCUT2D eigenvalue weighted by Crippen LogP contribution is 2.22. The van der Waals surface area contributed by atoms with E-state index in [-0.39, 0.29) is 5.60 Å². The van der Waals surface area contributed by atoms with Crippen LogP contribution in [0.25, 0.3) is 0 Å². The Morgan fingerprint density at radius 2 is 2.06 bits per heavy atom. The molecule has 3 nitrogen and oxygen atoms in total. The van der Waals surface area contributed by atoms with E-state index < -0.39 is 0 Å². The molecular weight excluding hydrogens is 200 g/mol. The number of anilines is 2. The zero-order valence-electron chi connectivity index (χ0n) is 10.6. The molecule has 16 heavy (non-hydrogen) atoms. The minimum absolute atomic E-state index is 0.176. The monoisotopic (exact) mass is 222 g/mol. The highest BCUT2D eigenvalue weighted by atomic mass is 16.5. The van der Waals surface area contributed by atoms with Gasteiger partial charge in [0.15, 0.2) is 0 Å². The summed E-state index contributed by atoms with van der Waals surface area (Å²) in [6.07, 6.45) is 0. The summed E-state index contributed by atoms with van der Waals surface area (Å²) < 4.78 is 5.62. The van der Waals surface area contributed by atoms with E-state index in [1.165, 1.54) is 0 Å². The van der Waals surface area contributed by atoms with Crippen LogP contribution in [0.5, 0.6) is 0 Å². The Bertz CT molecular complexity index is 348. The second-order valence-corrected chi connectivity index (χ2v) is 4.58. The van der Waals surface area contributed by atoms with Crippen molar-refractivity contribution in [3.8, 4) is 0 Å². The van der Waals surface area contributed by atoms with Crippen molar-refractivity contribution in [2.24, 2.45) is 0 Å². The van der Waals surface area contributed by atoms with Gasteiger partial charge in [-0.15, -0.1) is 0 Å². The number of nitrogens with one attached hydrogen (secondary N) is 1. The van der Waals surface area contributed by atoms with Crippen LogP contribution in [-0.2, 0) is 4.74 Å². The highest BCUT2D eigenvalue weighted by molar-refractivity contribution is 5.69. The fourth-order valence-corrected chi connectivity index (χ4v) is 1.58. The third kappa shape index (κ3) is 3.42. The number of hydrogen-bond donors (Lipinski definition) is 2. The third-order valence-corrected chi connectivity index (χ3v) is 2.56. The van der Waals surface area contributed by atoms with Gasteiger partial charge in [-0.2, -0.15) is 0 Å². The molecule has 0 aliphatic carbocycles. The number of para-hydroxylation sites is 1. The summed E-state index contributed by atoms with van der Waals surface area (Å²) >= 11 is 0. The van der Waals surface area contributed by atoms with Gasteiger partial charge in [0.05, 0.1) is 17.0 Å². The lowest BCUT2D eigenvalue weighted by Gasteiger charge is -2.26. The summed E-state index contributed by atoms with van der Waals surface area (Å²) in [5, 5.41) is 3.33. The predicted octanol–water partition coefficient (Wildman–Crippen LogP) is 2.80. The number of nitrogen functional groups attached to an aromatic ring is 1. The standard InChI is InChI=1S/C13H22N2O/c1-5-16-13(3,4)9-15-11-8-6-7-10(2)12(11)14/h6-8,15H,5,9,14H2,1-4H3. The topological polar surface area (TPSA) is 47.3 Å². The molecule has 1 aromatic carbocycles. The molecule has 0 fully saturated rings. The molecule has 0 spiro atoms. The van der Waals surface area contributed by atoms with Gasteiger partial charge in [0.1, 0.15) is 0 Å². The minimum atomic E-state index is -0.176. The van der Waals surface area contributed by atoms with Crippen LogP contribution in [-0.4, -0.2) is 18.8 Å². The van der Waals surface area contributed by atoms with E-state index in [1.54, 1.807) is 0 Å². The van der Waals surface area contributed by atoms with Gasteiger partial charge in [-0.05, 0) is 39.3 Å². The van der Waals surface area contributed by atoms with E-state index in [0.717, 1.165) is 30.1 Å². The van der Waals surface area contributed by atoms with Crippen molar-refractivity contribution in [1.82, 2.24) is 0 Å². The zero-order chi connectivity index (χ0) is 12.2. The van der Waals surface area contributed by atoms with Gasteiger partial charge in [-0.25, -0.2) is 0 Å². The number of rotatable bonds is 5. The van der Waals surface area contributed by atoms with Crippen LogP contribution >= 0.6 is 0 Å². The molecule has 90 valence electrons. The summed E-state index contributed by atoms with van der Waals surface area (Å²) in [5.41, 5.74) is 8.70. The summed E-state index contributed by atoms with van der Waals surface area (Å²) in [4.78, 5) is 0. The van der Waals surface area contributed by atoms with Crippen LogP contribution in [0, 0.1) is 6.92 Å². The van der Waals surface area contributed by atoms with Crippen LogP contribution < -0.4 is 11.1 Å². The molecule has 3 heteroatoms. The first-order chi connectivity index (χ1) is 7.46. The Balaban J connectivity index is 2.64. The molecule has 0 heterocycles. The molecule has 0 aliphatic heterocycles. The average molecular weight is 222 g/mol. The number of aryl methyl sites for hydroxylation is 1. The second kappa shape index (κ2) is 5.21. The molecule has 0 amide bonds. The highest BCUT2D eigenvalue weighted by Gasteiger charge is 2.17. The van der Waals surface area contributed by atoms with E-state index in [1.807, 2.05) is 32.0 Å². The molecule has 0 atom stereocenters. The van der Waals surface area contributed by atoms with Crippen molar-refractivity contribution in [1.29, 1.82) is 0 Å². The molecule has 0 unspecified atom stereocenters. The lowest BCUT2D eigenvalue weighted by molar-refractivity contribution is 0.000709. The first-order valence-corrected chi connectivity index (χ1v) is 5.69. The van der Waals surface area contributed by atoms with Crippen LogP contribution in [0.4, 0.5) is 11.4 Å². The number of benzene rings is 1. The fraction of sp³-hybridized carbons (Fsp3) is 0.538. The van der Waals surface area contributed by atoms with Crippen molar-refractivity contribution in [3.05, 3.63) is 23.8 Å². The van der Waals surface area contributed by atoms with E-state index >= 15 is 0 Å². The largest absolute Gasteiger partial charge is 0.397 e. The lowest BCUT2D eigenvalue weighted by Crippen LogP contribution is -2.33. The van der Waals surface area contributed by atoms with Crippen molar-refractivity contribution >= 4 is 11.4 Å². The number of nitrogens with two attached hydrogens (primary N) is 1. The summed E-state index contributed by atoms with van der Waals surface area (Å²) in [6, 6.07) is 6.00. The zero-order valence-corrected chi connectivity index (χ0v) is 10.6. The van der Waals surface area contributed by atoms with Gasteiger partial charge in [-0.1, -0.05) is 12.1 Å². The molecule has 1 aromatic rings. The smallest absolute Gasteiger partial charge is 0.0797 e. The van der Waals surface area contributed by atoms with Crippen LogP contribution in [0.2, 0.25) is 0 Å². The molecule has 1 rings (SSSR count). The van der Waals surface area contributed by atoms with Crippen LogP contribution in [0.15, 0.2) is 18.2 Å². The van der Waals surface area contributed by atoms with E-state index in [9.17, 15) is 0 Å². The van der Waals surface area contributed by atoms with Crippen molar-refractivity contribution in [2.75, 3.05) is 24.2 Å². The predicted molar refractivity (Wildman–Crippen MR) is 69.8 cm³/mol. The molecule has 0 aromatic heterocycles. The maximum Gasteiger partial charge on any atom is 0.0797 e. The first kappa shape index (κ1) is 12.8. The molecule has 0 saturated heterocycles. The van der Waals surface area contributed by atoms with Gasteiger partial charge in [0.2, 0.25) is 0 Å². The van der Waals surface area contributed by atoms with Gasteiger partial charge in [0, 0.05) is 13.2 Å². The normalized spacial score (nSPS) is 11.5. The Morgan fingerprint density at radius 3 is 2.69 bits per heavy atom. The Labute approximate surface area is 98.0 Å². The maximum absolute atomic E-state index is 5.98. The van der Waals surface area contributed by atoms with Crippen molar-refractivity contribution < 1.29 is 4.74 Å². The van der Waals surface area contributed by atoms with Gasteiger partial charge >= 0.3 is 0 Å². The van der Waals surface area contributed by atoms with E-state index in [2.05, 4.69) is 19.2 Å². The van der Waals surface area contributed by atoms with Crippen LogP contribution in [0.1, 0.15) is 26.3 Å². The van der Waals surface area contributed by atoms with Crippen molar-refractivity contribution in [3.63, 3.8) is 0 Å². The quantitative estimate of drug-likeness (QED) is 0.753. The van der Waals surface area contributed by atoms with Crippen LogP contribution in [0.3, 0.4) is 0 Å². The third-order valence-electron chi connectivity index (χ3n) is 2.56. The molecule has 3 N–H and O–H groups in total. The van der Waals surface area contributed by atoms with E-state index in [4.69, 9.17) is 10.5 Å². The fourth-order valence-electron chi connectivity index (χ4n) is 1.58. The molecule has 0 saturated carbocycles. The molecule has 0 aliphatic rings. The Hall–Kier alpha value is -1.22. The van der Waals surface area contributed by atoms with Crippen molar-refractivity contribution in [2.45, 2.75) is 33.3 Å². The Kier molecular flexibility index (Phi) is 4.19. The maximum atomic E-state index is 5.98. The van der Waals surface area contributed by atoms with Gasteiger partial charge < -0.3 is 15.8 Å². The second-order valence-electron chi connectivity index (χ2n) is 4.58. The van der Waals surface area contributed by atoms with E-state index in [0.29, 0.717) is 0 Å². The first-order valence-electron chi connectivity index (χ1n) is 5.69. The van der Waals surface area contributed by atoms with Gasteiger partial charge in [-0.3, -0.25) is 0 Å². The molecule has 0 bridgehead atoms. The molecular formula is C13H22N2O. The molecule has 0 radical (unpaired) electrons. The average Bonchev–Trinajstić information content (AvgIpc) is 2.20. The summed E-state index contributed by atoms with van der Waals surface area (Å²) in [7, 11) is 0. The summed E-state index contributed by atoms with van der Waals surface area (Å²) in [5.74, 6) is 0. The SMILES string of the molecule is CCOC(C)(C)CNc1cccc(C)c1N. The Morgan fingerprint density at radius 1 is 1.38 bits per heavy atom. The lowest BCUT2D eigenvalue weighted by atomic mass is 10.1. The van der Waals surface area contributed by atoms with Gasteiger partial charge in [0.25, 0.3) is 0 Å². The number of hydrogen-bond acceptors (Lipinski definition) is 3. The minimum Gasteiger partial charge on any atom is -0.397 e.